The molecule has 3 rings (SSSR count). The van der Waals surface area contributed by atoms with Crippen LogP contribution < -0.4 is 5.73 Å². The first-order valence-corrected chi connectivity index (χ1v) is 6.32. The maximum atomic E-state index is 6.09. The van der Waals surface area contributed by atoms with Crippen molar-refractivity contribution in [2.75, 3.05) is 5.73 Å². The van der Waals surface area contributed by atoms with E-state index in [1.54, 1.807) is 12.1 Å². The molecule has 3 aromatic rings. The summed E-state index contributed by atoms with van der Waals surface area (Å²) in [4.78, 5) is 8.10. The normalized spacial score (nSPS) is 10.9. The standard InChI is InChI=1S/C11H8Cl2N6O/c12-6-2-1-5(7(13)4-6)3-8-15-10(20-19-8)9-16-11(14)18-17-9/h1-2,4H,3H2,(H3,14,16,17,18). The number of H-pyrrole nitrogens is 1. The van der Waals surface area contributed by atoms with E-state index in [1.165, 1.54) is 0 Å². The molecule has 0 unspecified atom stereocenters. The molecule has 0 fully saturated rings. The Bertz CT molecular complexity index is 753. The molecule has 2 aromatic heterocycles. The average Bonchev–Trinajstić information content (AvgIpc) is 3.02. The lowest BCUT2D eigenvalue weighted by Gasteiger charge is -2.00. The van der Waals surface area contributed by atoms with Crippen molar-refractivity contribution in [1.29, 1.82) is 0 Å². The van der Waals surface area contributed by atoms with Crippen LogP contribution in [0.25, 0.3) is 11.7 Å². The van der Waals surface area contributed by atoms with Gasteiger partial charge in [0.15, 0.2) is 5.82 Å². The molecular weight excluding hydrogens is 303 g/mol. The average molecular weight is 311 g/mol. The van der Waals surface area contributed by atoms with Gasteiger partial charge < -0.3 is 10.3 Å². The minimum Gasteiger partial charge on any atom is -0.366 e. The highest BCUT2D eigenvalue weighted by Gasteiger charge is 2.14. The van der Waals surface area contributed by atoms with E-state index in [9.17, 15) is 0 Å². The van der Waals surface area contributed by atoms with Crippen molar-refractivity contribution in [3.63, 3.8) is 0 Å². The van der Waals surface area contributed by atoms with Gasteiger partial charge in [-0.25, -0.2) is 0 Å². The summed E-state index contributed by atoms with van der Waals surface area (Å²) in [6.45, 7) is 0. The van der Waals surface area contributed by atoms with Crippen molar-refractivity contribution >= 4 is 29.2 Å². The first-order chi connectivity index (χ1) is 9.61. The molecule has 0 aliphatic rings. The maximum absolute atomic E-state index is 6.09. The van der Waals surface area contributed by atoms with Gasteiger partial charge in [0.25, 0.3) is 5.89 Å². The van der Waals surface area contributed by atoms with E-state index >= 15 is 0 Å². The lowest BCUT2D eigenvalue weighted by molar-refractivity contribution is 0.421. The first-order valence-electron chi connectivity index (χ1n) is 5.56. The maximum Gasteiger partial charge on any atom is 0.295 e. The third-order valence-corrected chi connectivity index (χ3v) is 3.12. The fourth-order valence-electron chi connectivity index (χ4n) is 1.63. The smallest absolute Gasteiger partial charge is 0.295 e. The van der Waals surface area contributed by atoms with E-state index < -0.39 is 0 Å². The molecule has 0 aliphatic carbocycles. The van der Waals surface area contributed by atoms with Crippen LogP contribution in [0.4, 0.5) is 5.95 Å². The first kappa shape index (κ1) is 12.9. The molecule has 0 radical (unpaired) electrons. The van der Waals surface area contributed by atoms with Crippen LogP contribution in [-0.4, -0.2) is 25.3 Å². The van der Waals surface area contributed by atoms with Crippen LogP contribution in [0.2, 0.25) is 10.0 Å². The van der Waals surface area contributed by atoms with Gasteiger partial charge in [-0.2, -0.15) is 9.97 Å². The Kier molecular flexibility index (Phi) is 3.29. The van der Waals surface area contributed by atoms with Crippen molar-refractivity contribution in [3.8, 4) is 11.7 Å². The summed E-state index contributed by atoms with van der Waals surface area (Å²) in [5.41, 5.74) is 6.25. The number of benzene rings is 1. The van der Waals surface area contributed by atoms with Crippen molar-refractivity contribution in [2.45, 2.75) is 6.42 Å². The predicted octanol–water partition coefficient (Wildman–Crippen LogP) is 2.33. The fraction of sp³-hybridized carbons (Fsp3) is 0.0909. The van der Waals surface area contributed by atoms with Crippen molar-refractivity contribution in [3.05, 3.63) is 39.6 Å². The van der Waals surface area contributed by atoms with Gasteiger partial charge in [-0.1, -0.05) is 34.4 Å². The second kappa shape index (κ2) is 5.10. The zero-order chi connectivity index (χ0) is 14.1. The molecule has 0 aliphatic heterocycles. The molecule has 0 amide bonds. The molecule has 3 N–H and O–H groups in total. The lowest BCUT2D eigenvalue weighted by Crippen LogP contribution is -1.92. The molecular formula is C11H8Cl2N6O. The van der Waals surface area contributed by atoms with E-state index in [1.807, 2.05) is 6.07 Å². The van der Waals surface area contributed by atoms with Crippen LogP contribution in [0.1, 0.15) is 11.4 Å². The summed E-state index contributed by atoms with van der Waals surface area (Å²) in [7, 11) is 0. The number of nitrogens with two attached hydrogens (primary N) is 1. The van der Waals surface area contributed by atoms with Crippen LogP contribution in [-0.2, 0) is 6.42 Å². The molecule has 102 valence electrons. The van der Waals surface area contributed by atoms with Crippen LogP contribution in [0.3, 0.4) is 0 Å². The van der Waals surface area contributed by atoms with Crippen LogP contribution in [0.5, 0.6) is 0 Å². The highest BCUT2D eigenvalue weighted by Crippen LogP contribution is 2.23. The van der Waals surface area contributed by atoms with Crippen LogP contribution in [0.15, 0.2) is 22.7 Å². The van der Waals surface area contributed by atoms with Crippen LogP contribution in [0, 0.1) is 0 Å². The highest BCUT2D eigenvalue weighted by molar-refractivity contribution is 6.35. The number of nitrogens with zero attached hydrogens (tertiary/aromatic N) is 4. The third-order valence-electron chi connectivity index (χ3n) is 2.54. The Morgan fingerprint density at radius 1 is 1.25 bits per heavy atom. The Hall–Kier alpha value is -2.12. The second-order valence-electron chi connectivity index (χ2n) is 3.97. The molecule has 2 heterocycles. The molecule has 0 bridgehead atoms. The Labute approximate surface area is 123 Å². The van der Waals surface area contributed by atoms with E-state index in [4.69, 9.17) is 33.5 Å². The SMILES string of the molecule is Nc1n[nH]c(-c2nc(Cc3ccc(Cl)cc3Cl)no2)n1. The Balaban J connectivity index is 1.84. The van der Waals surface area contributed by atoms with Gasteiger partial charge in [-0.15, -0.1) is 5.10 Å². The summed E-state index contributed by atoms with van der Waals surface area (Å²) in [6, 6.07) is 5.23. The number of aromatic nitrogens is 5. The van der Waals surface area contributed by atoms with Gasteiger partial charge in [-0.05, 0) is 17.7 Å². The molecule has 9 heteroatoms. The van der Waals surface area contributed by atoms with E-state index in [2.05, 4.69) is 25.3 Å². The number of nitrogen functional groups attached to an aromatic ring is 1. The zero-order valence-corrected chi connectivity index (χ0v) is 11.5. The minimum absolute atomic E-state index is 0.112. The summed E-state index contributed by atoms with van der Waals surface area (Å²) in [6.07, 6.45) is 0.420. The van der Waals surface area contributed by atoms with Crippen molar-refractivity contribution < 1.29 is 4.52 Å². The molecule has 1 aromatic carbocycles. The number of anilines is 1. The minimum atomic E-state index is 0.112. The summed E-state index contributed by atoms with van der Waals surface area (Å²) < 4.78 is 5.08. The van der Waals surface area contributed by atoms with Gasteiger partial charge in [0, 0.05) is 16.5 Å². The third kappa shape index (κ3) is 2.59. The second-order valence-corrected chi connectivity index (χ2v) is 4.81. The Morgan fingerprint density at radius 2 is 2.10 bits per heavy atom. The van der Waals surface area contributed by atoms with Crippen molar-refractivity contribution in [1.82, 2.24) is 25.3 Å². The topological polar surface area (TPSA) is 107 Å². The van der Waals surface area contributed by atoms with Gasteiger partial charge in [-0.3, -0.25) is 5.10 Å². The van der Waals surface area contributed by atoms with Crippen molar-refractivity contribution in [2.24, 2.45) is 0 Å². The molecule has 0 atom stereocenters. The van der Waals surface area contributed by atoms with Gasteiger partial charge in [0.05, 0.1) is 0 Å². The number of rotatable bonds is 3. The van der Waals surface area contributed by atoms with Gasteiger partial charge in [0.2, 0.25) is 11.8 Å². The number of hydrogen-bond donors (Lipinski definition) is 2. The van der Waals surface area contributed by atoms with Gasteiger partial charge >= 0.3 is 0 Å². The number of nitrogens with one attached hydrogen (secondary N) is 1. The molecule has 0 saturated carbocycles. The largest absolute Gasteiger partial charge is 0.366 e. The predicted molar refractivity (Wildman–Crippen MR) is 73.4 cm³/mol. The van der Waals surface area contributed by atoms with Crippen LogP contribution >= 0.6 is 23.2 Å². The summed E-state index contributed by atoms with van der Waals surface area (Å²) in [5, 5.41) is 11.3. The summed E-state index contributed by atoms with van der Waals surface area (Å²) in [5.74, 6) is 1.12. The monoisotopic (exact) mass is 310 g/mol. The van der Waals surface area contributed by atoms with E-state index in [0.29, 0.717) is 28.1 Å². The highest BCUT2D eigenvalue weighted by atomic mass is 35.5. The lowest BCUT2D eigenvalue weighted by atomic mass is 10.1. The molecule has 20 heavy (non-hydrogen) atoms. The van der Waals surface area contributed by atoms with Gasteiger partial charge in [0.1, 0.15) is 0 Å². The zero-order valence-electron chi connectivity index (χ0n) is 9.97. The Morgan fingerprint density at radius 3 is 2.80 bits per heavy atom. The molecule has 0 spiro atoms. The fourth-order valence-corrected chi connectivity index (χ4v) is 2.10. The summed E-state index contributed by atoms with van der Waals surface area (Å²) >= 11 is 11.9. The number of hydrogen-bond acceptors (Lipinski definition) is 6. The van der Waals surface area contributed by atoms with E-state index in [-0.39, 0.29) is 11.8 Å². The van der Waals surface area contributed by atoms with E-state index in [0.717, 1.165) is 5.56 Å². The number of aromatic amines is 1. The quantitative estimate of drug-likeness (QED) is 0.769. The molecule has 7 nitrogen and oxygen atoms in total. The number of halogens is 2. The molecule has 0 saturated heterocycles.